The Balaban J connectivity index is 2.71. The molecule has 0 spiro atoms. The molecule has 1 aromatic carbocycles. The lowest BCUT2D eigenvalue weighted by molar-refractivity contribution is 1.10. The predicted octanol–water partition coefficient (Wildman–Crippen LogP) is 2.35. The Morgan fingerprint density at radius 1 is 1.47 bits per heavy atom. The second-order valence-corrected chi connectivity index (χ2v) is 4.55. The summed E-state index contributed by atoms with van der Waals surface area (Å²) in [6.07, 6.45) is 3.40. The summed E-state index contributed by atoms with van der Waals surface area (Å²) in [5.74, 6) is 0. The average molecular weight is 220 g/mol. The molecule has 78 valence electrons. The molecule has 0 saturated carbocycles. The van der Waals surface area contributed by atoms with E-state index >= 15 is 0 Å². The topological polar surface area (TPSA) is 45.8 Å². The normalized spacial score (nSPS) is 12.9. The zero-order chi connectivity index (χ0) is 10.8. The smallest absolute Gasteiger partial charge is 0.266 e. The van der Waals surface area contributed by atoms with E-state index in [2.05, 4.69) is 29.2 Å². The SMILES string of the molecule is CSC(C)c1cccc2[nH]c(=O)cnc12. The van der Waals surface area contributed by atoms with Gasteiger partial charge >= 0.3 is 0 Å². The van der Waals surface area contributed by atoms with E-state index in [1.165, 1.54) is 6.20 Å². The van der Waals surface area contributed by atoms with Gasteiger partial charge in [0.15, 0.2) is 0 Å². The van der Waals surface area contributed by atoms with Crippen LogP contribution in [0.3, 0.4) is 0 Å². The second-order valence-electron chi connectivity index (χ2n) is 3.37. The van der Waals surface area contributed by atoms with Crippen LogP contribution in [-0.4, -0.2) is 16.2 Å². The van der Waals surface area contributed by atoms with Crippen LogP contribution >= 0.6 is 11.8 Å². The first-order valence-electron chi connectivity index (χ1n) is 4.73. The second kappa shape index (κ2) is 4.06. The molecule has 0 aliphatic carbocycles. The zero-order valence-electron chi connectivity index (χ0n) is 8.65. The van der Waals surface area contributed by atoms with Crippen LogP contribution in [0.1, 0.15) is 17.7 Å². The minimum absolute atomic E-state index is 0.156. The molecule has 1 heterocycles. The van der Waals surface area contributed by atoms with Gasteiger partial charge in [0, 0.05) is 5.25 Å². The van der Waals surface area contributed by atoms with Gasteiger partial charge in [-0.1, -0.05) is 12.1 Å². The first-order valence-corrected chi connectivity index (χ1v) is 6.02. The lowest BCUT2D eigenvalue weighted by atomic mass is 10.1. The van der Waals surface area contributed by atoms with E-state index < -0.39 is 0 Å². The number of para-hydroxylation sites is 1. The summed E-state index contributed by atoms with van der Waals surface area (Å²) < 4.78 is 0. The van der Waals surface area contributed by atoms with Gasteiger partial charge in [-0.3, -0.25) is 4.79 Å². The van der Waals surface area contributed by atoms with Gasteiger partial charge in [-0.25, -0.2) is 4.98 Å². The molecule has 0 radical (unpaired) electrons. The third-order valence-corrected chi connectivity index (χ3v) is 3.39. The van der Waals surface area contributed by atoms with E-state index in [9.17, 15) is 4.79 Å². The molecule has 0 saturated heterocycles. The average Bonchev–Trinajstić information content (AvgIpc) is 2.26. The summed E-state index contributed by atoms with van der Waals surface area (Å²) in [5, 5.41) is 0.382. The van der Waals surface area contributed by atoms with Crippen LogP contribution in [0.25, 0.3) is 11.0 Å². The number of nitrogens with zero attached hydrogens (tertiary/aromatic N) is 1. The van der Waals surface area contributed by atoms with Crippen LogP contribution in [0.4, 0.5) is 0 Å². The maximum atomic E-state index is 11.1. The van der Waals surface area contributed by atoms with Crippen molar-refractivity contribution in [1.29, 1.82) is 0 Å². The maximum absolute atomic E-state index is 11.1. The summed E-state index contributed by atoms with van der Waals surface area (Å²) >= 11 is 1.76. The summed E-state index contributed by atoms with van der Waals surface area (Å²) in [4.78, 5) is 18.1. The van der Waals surface area contributed by atoms with Crippen LogP contribution in [0, 0.1) is 0 Å². The van der Waals surface area contributed by atoms with Gasteiger partial charge in [0.25, 0.3) is 5.56 Å². The number of hydrogen-bond donors (Lipinski definition) is 1. The maximum Gasteiger partial charge on any atom is 0.266 e. The fourth-order valence-electron chi connectivity index (χ4n) is 1.55. The van der Waals surface area contributed by atoms with Gasteiger partial charge in [0.05, 0.1) is 17.2 Å². The first-order chi connectivity index (χ1) is 7.22. The summed E-state index contributed by atoms with van der Waals surface area (Å²) in [5.41, 5.74) is 2.70. The Hall–Kier alpha value is -1.29. The molecule has 0 aliphatic rings. The predicted molar refractivity (Wildman–Crippen MR) is 64.3 cm³/mol. The molecule has 1 aromatic heterocycles. The number of nitrogens with one attached hydrogen (secondary N) is 1. The van der Waals surface area contributed by atoms with Gasteiger partial charge < -0.3 is 4.98 Å². The molecular formula is C11H12N2OS. The fourth-order valence-corrected chi connectivity index (χ4v) is 1.99. The Labute approximate surface area is 91.9 Å². The summed E-state index contributed by atoms with van der Waals surface area (Å²) in [7, 11) is 0. The molecule has 2 aromatic rings. The van der Waals surface area contributed by atoms with Crippen LogP contribution < -0.4 is 5.56 Å². The van der Waals surface area contributed by atoms with E-state index in [1.54, 1.807) is 11.8 Å². The fraction of sp³-hybridized carbons (Fsp3) is 0.273. The number of H-pyrrole nitrogens is 1. The lowest BCUT2D eigenvalue weighted by Crippen LogP contribution is -2.06. The van der Waals surface area contributed by atoms with Gasteiger partial charge in [-0.05, 0) is 24.8 Å². The van der Waals surface area contributed by atoms with Crippen molar-refractivity contribution in [3.8, 4) is 0 Å². The Bertz CT molecular complexity index is 535. The van der Waals surface area contributed by atoms with Crippen LogP contribution in [-0.2, 0) is 0 Å². The van der Waals surface area contributed by atoms with Crippen molar-refractivity contribution in [3.05, 3.63) is 40.3 Å². The summed E-state index contributed by atoms with van der Waals surface area (Å²) in [6, 6.07) is 5.87. The third-order valence-electron chi connectivity index (χ3n) is 2.43. The van der Waals surface area contributed by atoms with Gasteiger partial charge in [-0.15, -0.1) is 0 Å². The van der Waals surface area contributed by atoms with Crippen molar-refractivity contribution in [2.24, 2.45) is 0 Å². The monoisotopic (exact) mass is 220 g/mol. The Morgan fingerprint density at radius 2 is 2.27 bits per heavy atom. The van der Waals surface area contributed by atoms with Crippen molar-refractivity contribution >= 4 is 22.8 Å². The molecule has 0 bridgehead atoms. The quantitative estimate of drug-likeness (QED) is 0.845. The molecule has 0 fully saturated rings. The largest absolute Gasteiger partial charge is 0.319 e. The molecule has 1 unspecified atom stereocenters. The van der Waals surface area contributed by atoms with E-state index in [0.29, 0.717) is 5.25 Å². The van der Waals surface area contributed by atoms with Gasteiger partial charge in [-0.2, -0.15) is 11.8 Å². The molecule has 0 aliphatic heterocycles. The number of thioether (sulfide) groups is 1. The van der Waals surface area contributed by atoms with E-state index in [4.69, 9.17) is 0 Å². The standard InChI is InChI=1S/C11H12N2OS/c1-7(15-2)8-4-3-5-9-11(8)12-6-10(14)13-9/h3-7H,1-2H3,(H,13,14). The van der Waals surface area contributed by atoms with E-state index in [-0.39, 0.29) is 5.56 Å². The molecule has 0 amide bonds. The molecular weight excluding hydrogens is 208 g/mol. The van der Waals surface area contributed by atoms with E-state index in [0.717, 1.165) is 16.6 Å². The number of rotatable bonds is 2. The number of hydrogen-bond acceptors (Lipinski definition) is 3. The first kappa shape index (κ1) is 10.2. The van der Waals surface area contributed by atoms with Crippen molar-refractivity contribution in [3.63, 3.8) is 0 Å². The van der Waals surface area contributed by atoms with Crippen molar-refractivity contribution in [2.45, 2.75) is 12.2 Å². The minimum atomic E-state index is -0.156. The number of aromatic amines is 1. The molecule has 15 heavy (non-hydrogen) atoms. The third kappa shape index (κ3) is 1.90. The molecule has 4 heteroatoms. The summed E-state index contributed by atoms with van der Waals surface area (Å²) in [6.45, 7) is 2.13. The van der Waals surface area contributed by atoms with Crippen LogP contribution in [0.5, 0.6) is 0 Å². The highest BCUT2D eigenvalue weighted by Crippen LogP contribution is 2.29. The molecule has 2 rings (SSSR count). The van der Waals surface area contributed by atoms with Crippen molar-refractivity contribution < 1.29 is 0 Å². The van der Waals surface area contributed by atoms with Crippen molar-refractivity contribution in [2.75, 3.05) is 6.26 Å². The van der Waals surface area contributed by atoms with Crippen LogP contribution in [0.15, 0.2) is 29.2 Å². The highest BCUT2D eigenvalue weighted by molar-refractivity contribution is 7.98. The van der Waals surface area contributed by atoms with Crippen molar-refractivity contribution in [1.82, 2.24) is 9.97 Å². The van der Waals surface area contributed by atoms with Gasteiger partial charge in [0.1, 0.15) is 0 Å². The Morgan fingerprint density at radius 3 is 3.00 bits per heavy atom. The van der Waals surface area contributed by atoms with E-state index in [1.807, 2.05) is 12.1 Å². The van der Waals surface area contributed by atoms with Gasteiger partial charge in [0.2, 0.25) is 0 Å². The highest BCUT2D eigenvalue weighted by atomic mass is 32.2. The number of aromatic nitrogens is 2. The number of benzene rings is 1. The molecule has 3 nitrogen and oxygen atoms in total. The minimum Gasteiger partial charge on any atom is -0.319 e. The molecule has 1 atom stereocenters. The Kier molecular flexibility index (Phi) is 2.77. The molecule has 1 N–H and O–H groups in total. The number of fused-ring (bicyclic) bond motifs is 1. The zero-order valence-corrected chi connectivity index (χ0v) is 9.47. The van der Waals surface area contributed by atoms with Crippen LogP contribution in [0.2, 0.25) is 0 Å². The highest BCUT2D eigenvalue weighted by Gasteiger charge is 2.08. The lowest BCUT2D eigenvalue weighted by Gasteiger charge is -2.10.